The molecule has 0 heterocycles. The minimum Gasteiger partial charge on any atom is -0.327 e. The van der Waals surface area contributed by atoms with Crippen LogP contribution in [0.2, 0.25) is 0 Å². The van der Waals surface area contributed by atoms with Gasteiger partial charge in [-0.1, -0.05) is 55.5 Å². The van der Waals surface area contributed by atoms with Gasteiger partial charge in [0, 0.05) is 18.2 Å². The van der Waals surface area contributed by atoms with Crippen molar-refractivity contribution >= 4 is 11.6 Å². The third kappa shape index (κ3) is 4.43. The molecule has 0 saturated carbocycles. The Morgan fingerprint density at radius 1 is 1.05 bits per heavy atom. The second kappa shape index (κ2) is 7.60. The Bertz CT molecular complexity index is 554. The molecule has 2 rings (SSSR count). The minimum atomic E-state index is -0.0838. The lowest BCUT2D eigenvalue weighted by Gasteiger charge is -2.24. The predicted octanol–water partition coefficient (Wildman–Crippen LogP) is 3.35. The lowest BCUT2D eigenvalue weighted by Crippen LogP contribution is -2.35. The molecule has 0 aliphatic carbocycles. The number of anilines is 1. The van der Waals surface area contributed by atoms with Gasteiger partial charge in [0.05, 0.1) is 6.54 Å². The van der Waals surface area contributed by atoms with E-state index in [1.807, 2.05) is 72.5 Å². The van der Waals surface area contributed by atoms with Crippen molar-refractivity contribution in [1.29, 1.82) is 0 Å². The molecule has 2 aromatic rings. The number of carbonyl (C=O) groups is 1. The number of nitrogens with zero attached hydrogens (tertiary/aromatic N) is 1. The summed E-state index contributed by atoms with van der Waals surface area (Å²) in [7, 11) is 0. The lowest BCUT2D eigenvalue weighted by molar-refractivity contribution is -0.119. The van der Waals surface area contributed by atoms with Gasteiger partial charge in [-0.3, -0.25) is 4.79 Å². The van der Waals surface area contributed by atoms with E-state index < -0.39 is 0 Å². The molecule has 0 aromatic heterocycles. The Morgan fingerprint density at radius 2 is 1.62 bits per heavy atom. The fourth-order valence-electron chi connectivity index (χ4n) is 2.18. The Hall–Kier alpha value is -2.13. The molecule has 110 valence electrons. The van der Waals surface area contributed by atoms with Crippen LogP contribution in [-0.4, -0.2) is 11.9 Å². The molecule has 0 spiro atoms. The maximum absolute atomic E-state index is 12.6. The molecule has 0 bridgehead atoms. The van der Waals surface area contributed by atoms with Crippen molar-refractivity contribution in [3.05, 3.63) is 66.2 Å². The van der Waals surface area contributed by atoms with Crippen molar-refractivity contribution in [3.8, 4) is 0 Å². The van der Waals surface area contributed by atoms with E-state index in [0.29, 0.717) is 13.0 Å². The van der Waals surface area contributed by atoms with Gasteiger partial charge in [0.15, 0.2) is 0 Å². The van der Waals surface area contributed by atoms with Crippen molar-refractivity contribution in [2.45, 2.75) is 32.4 Å². The van der Waals surface area contributed by atoms with Gasteiger partial charge in [0.2, 0.25) is 5.91 Å². The highest BCUT2D eigenvalue weighted by Crippen LogP contribution is 2.18. The molecule has 0 fully saturated rings. The summed E-state index contributed by atoms with van der Waals surface area (Å²) in [5.41, 5.74) is 7.96. The summed E-state index contributed by atoms with van der Waals surface area (Å²) in [6.07, 6.45) is 1.18. The van der Waals surface area contributed by atoms with Crippen molar-refractivity contribution in [2.75, 3.05) is 4.90 Å². The van der Waals surface area contributed by atoms with E-state index in [1.54, 1.807) is 0 Å². The van der Waals surface area contributed by atoms with Crippen LogP contribution in [-0.2, 0) is 11.3 Å². The van der Waals surface area contributed by atoms with E-state index in [0.717, 1.165) is 17.7 Å². The molecule has 21 heavy (non-hydrogen) atoms. The molecule has 3 heteroatoms. The zero-order valence-electron chi connectivity index (χ0n) is 12.4. The van der Waals surface area contributed by atoms with Crippen molar-refractivity contribution < 1.29 is 4.79 Å². The fraction of sp³-hybridized carbons (Fsp3) is 0.278. The number of para-hydroxylation sites is 1. The first kappa shape index (κ1) is 15.3. The monoisotopic (exact) mass is 282 g/mol. The van der Waals surface area contributed by atoms with E-state index in [4.69, 9.17) is 5.73 Å². The van der Waals surface area contributed by atoms with Gasteiger partial charge in [-0.05, 0) is 24.1 Å². The van der Waals surface area contributed by atoms with Crippen LogP contribution in [0.1, 0.15) is 25.3 Å². The van der Waals surface area contributed by atoms with Crippen molar-refractivity contribution in [1.82, 2.24) is 0 Å². The molecule has 0 aliphatic rings. The maximum Gasteiger partial charge on any atom is 0.228 e. The average Bonchev–Trinajstić information content (AvgIpc) is 2.54. The van der Waals surface area contributed by atoms with Gasteiger partial charge in [0.1, 0.15) is 0 Å². The molecule has 0 aliphatic heterocycles. The Balaban J connectivity index is 2.20. The van der Waals surface area contributed by atoms with Gasteiger partial charge < -0.3 is 10.6 Å². The zero-order chi connectivity index (χ0) is 15.1. The van der Waals surface area contributed by atoms with Crippen LogP contribution in [0.25, 0.3) is 0 Å². The molecule has 2 N–H and O–H groups in total. The molecule has 1 amide bonds. The van der Waals surface area contributed by atoms with E-state index >= 15 is 0 Å². The molecule has 0 radical (unpaired) electrons. The fourth-order valence-corrected chi connectivity index (χ4v) is 2.18. The number of hydrogen-bond acceptors (Lipinski definition) is 2. The van der Waals surface area contributed by atoms with E-state index in [2.05, 4.69) is 0 Å². The van der Waals surface area contributed by atoms with E-state index in [1.165, 1.54) is 0 Å². The van der Waals surface area contributed by atoms with Crippen LogP contribution in [0.4, 0.5) is 5.69 Å². The molecule has 2 aromatic carbocycles. The van der Waals surface area contributed by atoms with Gasteiger partial charge >= 0.3 is 0 Å². The standard InChI is InChI=1S/C18H22N2O/c1-2-16(19)13-18(21)20(17-11-7-4-8-12-17)14-15-9-5-3-6-10-15/h3-12,16H,2,13-14,19H2,1H3. The van der Waals surface area contributed by atoms with Crippen LogP contribution in [0.3, 0.4) is 0 Å². The maximum atomic E-state index is 12.6. The van der Waals surface area contributed by atoms with Gasteiger partial charge in [-0.2, -0.15) is 0 Å². The SMILES string of the molecule is CCC(N)CC(=O)N(Cc1ccccc1)c1ccccc1. The minimum absolute atomic E-state index is 0.0689. The number of amides is 1. The molecule has 1 unspecified atom stereocenters. The number of hydrogen-bond donors (Lipinski definition) is 1. The van der Waals surface area contributed by atoms with Crippen LogP contribution in [0.15, 0.2) is 60.7 Å². The van der Waals surface area contributed by atoms with Crippen LogP contribution >= 0.6 is 0 Å². The summed E-state index contributed by atoms with van der Waals surface area (Å²) < 4.78 is 0. The molecular formula is C18H22N2O. The summed E-state index contributed by atoms with van der Waals surface area (Å²) in [6.45, 7) is 2.57. The van der Waals surface area contributed by atoms with Crippen LogP contribution in [0, 0.1) is 0 Å². The third-order valence-corrected chi connectivity index (χ3v) is 3.51. The predicted molar refractivity (Wildman–Crippen MR) is 87.0 cm³/mol. The van der Waals surface area contributed by atoms with E-state index in [9.17, 15) is 4.79 Å². The average molecular weight is 282 g/mol. The second-order valence-corrected chi connectivity index (χ2v) is 5.17. The molecule has 1 atom stereocenters. The van der Waals surface area contributed by atoms with Gasteiger partial charge in [-0.15, -0.1) is 0 Å². The first-order chi connectivity index (χ1) is 10.2. The lowest BCUT2D eigenvalue weighted by atomic mass is 10.1. The van der Waals surface area contributed by atoms with Crippen molar-refractivity contribution in [2.24, 2.45) is 5.73 Å². The summed E-state index contributed by atoms with van der Waals surface area (Å²) in [5.74, 6) is 0.0689. The first-order valence-corrected chi connectivity index (χ1v) is 7.35. The molecule has 0 saturated heterocycles. The van der Waals surface area contributed by atoms with Crippen LogP contribution in [0.5, 0.6) is 0 Å². The zero-order valence-corrected chi connectivity index (χ0v) is 12.4. The highest BCUT2D eigenvalue weighted by molar-refractivity contribution is 5.93. The number of benzene rings is 2. The summed E-state index contributed by atoms with van der Waals surface area (Å²) >= 11 is 0. The van der Waals surface area contributed by atoms with Crippen LogP contribution < -0.4 is 10.6 Å². The quantitative estimate of drug-likeness (QED) is 0.883. The van der Waals surface area contributed by atoms with Crippen molar-refractivity contribution in [3.63, 3.8) is 0 Å². The first-order valence-electron chi connectivity index (χ1n) is 7.35. The Kier molecular flexibility index (Phi) is 5.52. The van der Waals surface area contributed by atoms with Gasteiger partial charge in [0.25, 0.3) is 0 Å². The topological polar surface area (TPSA) is 46.3 Å². The number of nitrogens with two attached hydrogens (primary N) is 1. The molecule has 3 nitrogen and oxygen atoms in total. The highest BCUT2D eigenvalue weighted by atomic mass is 16.2. The summed E-state index contributed by atoms with van der Waals surface area (Å²) in [4.78, 5) is 14.4. The normalized spacial score (nSPS) is 11.9. The summed E-state index contributed by atoms with van der Waals surface area (Å²) in [6, 6.07) is 19.7. The second-order valence-electron chi connectivity index (χ2n) is 5.17. The third-order valence-electron chi connectivity index (χ3n) is 3.51. The highest BCUT2D eigenvalue weighted by Gasteiger charge is 2.18. The Labute approximate surface area is 126 Å². The van der Waals surface area contributed by atoms with E-state index in [-0.39, 0.29) is 11.9 Å². The largest absolute Gasteiger partial charge is 0.327 e. The molecular weight excluding hydrogens is 260 g/mol. The summed E-state index contributed by atoms with van der Waals surface area (Å²) in [5, 5.41) is 0. The number of rotatable bonds is 6. The number of carbonyl (C=O) groups excluding carboxylic acids is 1. The Morgan fingerprint density at radius 3 is 2.19 bits per heavy atom. The smallest absolute Gasteiger partial charge is 0.228 e. The van der Waals surface area contributed by atoms with Gasteiger partial charge in [-0.25, -0.2) is 0 Å².